The quantitative estimate of drug-likeness (QED) is 0.820. The van der Waals surface area contributed by atoms with E-state index in [4.69, 9.17) is 10.5 Å². The van der Waals surface area contributed by atoms with Crippen LogP contribution >= 0.6 is 15.9 Å². The van der Waals surface area contributed by atoms with E-state index in [1.54, 1.807) is 18.2 Å². The Kier molecular flexibility index (Phi) is 3.40. The molecule has 0 aromatic heterocycles. The van der Waals surface area contributed by atoms with Gasteiger partial charge in [0, 0.05) is 16.8 Å². The second-order valence-corrected chi connectivity index (χ2v) is 5.41. The van der Waals surface area contributed by atoms with Gasteiger partial charge < -0.3 is 15.8 Å². The molecule has 1 fully saturated rings. The summed E-state index contributed by atoms with van der Waals surface area (Å²) in [6.07, 6.45) is 0.832. The van der Waals surface area contributed by atoms with Crippen LogP contribution in [-0.2, 0) is 4.74 Å². The molecule has 1 atom stereocenters. The van der Waals surface area contributed by atoms with Gasteiger partial charge in [0.2, 0.25) is 0 Å². The predicted molar refractivity (Wildman–Crippen MR) is 69.9 cm³/mol. The Balaban J connectivity index is 2.17. The molecule has 1 aliphatic rings. The summed E-state index contributed by atoms with van der Waals surface area (Å²) in [5.74, 6) is -0.128. The Morgan fingerprint density at radius 1 is 1.59 bits per heavy atom. The minimum atomic E-state index is -0.277. The Hall–Kier alpha value is -1.07. The number of anilines is 1. The van der Waals surface area contributed by atoms with E-state index in [2.05, 4.69) is 21.2 Å². The molecule has 0 bridgehead atoms. The molecule has 1 aromatic rings. The molecule has 0 saturated carbocycles. The molecule has 0 aliphatic carbocycles. The summed E-state index contributed by atoms with van der Waals surface area (Å²) in [7, 11) is 0. The van der Waals surface area contributed by atoms with Crippen molar-refractivity contribution in [3.8, 4) is 0 Å². The molecule has 1 aromatic carbocycles. The lowest BCUT2D eigenvalue weighted by Crippen LogP contribution is -2.46. The van der Waals surface area contributed by atoms with Crippen molar-refractivity contribution in [1.82, 2.24) is 5.32 Å². The number of hydrogen-bond acceptors (Lipinski definition) is 3. The number of rotatable bonds is 2. The van der Waals surface area contributed by atoms with Crippen molar-refractivity contribution in [3.63, 3.8) is 0 Å². The van der Waals surface area contributed by atoms with E-state index in [0.29, 0.717) is 24.5 Å². The van der Waals surface area contributed by atoms with Crippen molar-refractivity contribution in [2.45, 2.75) is 18.9 Å². The second-order valence-electron chi connectivity index (χ2n) is 4.56. The summed E-state index contributed by atoms with van der Waals surface area (Å²) in [6.45, 7) is 3.23. The highest BCUT2D eigenvalue weighted by Gasteiger charge is 2.31. The summed E-state index contributed by atoms with van der Waals surface area (Å²) in [4.78, 5) is 12.1. The summed E-state index contributed by atoms with van der Waals surface area (Å²) in [5.41, 5.74) is 6.53. The number of nitrogen functional groups attached to an aromatic ring is 1. The number of ether oxygens (including phenoxy) is 1. The summed E-state index contributed by atoms with van der Waals surface area (Å²) >= 11 is 3.35. The van der Waals surface area contributed by atoms with E-state index in [-0.39, 0.29) is 11.4 Å². The average Bonchev–Trinajstić information content (AvgIpc) is 2.68. The lowest BCUT2D eigenvalue weighted by Gasteiger charge is -2.23. The zero-order valence-electron chi connectivity index (χ0n) is 9.63. The monoisotopic (exact) mass is 298 g/mol. The van der Waals surface area contributed by atoms with Gasteiger partial charge in [-0.1, -0.05) is 0 Å². The smallest absolute Gasteiger partial charge is 0.253 e. The van der Waals surface area contributed by atoms with Gasteiger partial charge in [0.25, 0.3) is 5.91 Å². The summed E-state index contributed by atoms with van der Waals surface area (Å²) < 4.78 is 6.04. The highest BCUT2D eigenvalue weighted by molar-refractivity contribution is 9.10. The molecule has 92 valence electrons. The van der Waals surface area contributed by atoms with Crippen LogP contribution in [0.5, 0.6) is 0 Å². The Morgan fingerprint density at radius 2 is 2.35 bits per heavy atom. The number of hydrogen-bond donors (Lipinski definition) is 2. The third-order valence-electron chi connectivity index (χ3n) is 2.87. The first-order chi connectivity index (χ1) is 8.00. The van der Waals surface area contributed by atoms with Crippen molar-refractivity contribution in [1.29, 1.82) is 0 Å². The molecule has 1 aliphatic heterocycles. The molecule has 17 heavy (non-hydrogen) atoms. The number of nitrogens with two attached hydrogens (primary N) is 1. The van der Waals surface area contributed by atoms with Gasteiger partial charge in [0.1, 0.15) is 0 Å². The van der Waals surface area contributed by atoms with Gasteiger partial charge in [-0.15, -0.1) is 0 Å². The number of carbonyl (C=O) groups is 1. The van der Waals surface area contributed by atoms with Crippen LogP contribution in [0.3, 0.4) is 0 Å². The Morgan fingerprint density at radius 3 is 3.00 bits per heavy atom. The van der Waals surface area contributed by atoms with Gasteiger partial charge >= 0.3 is 0 Å². The van der Waals surface area contributed by atoms with Crippen LogP contribution in [0.15, 0.2) is 22.7 Å². The molecule has 1 heterocycles. The van der Waals surface area contributed by atoms with Crippen LogP contribution in [0, 0.1) is 0 Å². The van der Waals surface area contributed by atoms with Crippen LogP contribution in [0.25, 0.3) is 0 Å². The predicted octanol–water partition coefficient (Wildman–Crippen LogP) is 1.94. The molecule has 4 nitrogen and oxygen atoms in total. The highest BCUT2D eigenvalue weighted by atomic mass is 79.9. The topological polar surface area (TPSA) is 64.4 Å². The molecule has 0 radical (unpaired) electrons. The van der Waals surface area contributed by atoms with E-state index in [1.165, 1.54) is 0 Å². The first-order valence-corrected chi connectivity index (χ1v) is 6.25. The number of amides is 1. The summed E-state index contributed by atoms with van der Waals surface area (Å²) in [6, 6.07) is 5.19. The maximum Gasteiger partial charge on any atom is 0.253 e. The molecule has 1 saturated heterocycles. The molecule has 1 amide bonds. The molecule has 1 unspecified atom stereocenters. The van der Waals surface area contributed by atoms with E-state index in [9.17, 15) is 4.79 Å². The zero-order chi connectivity index (χ0) is 12.5. The summed E-state index contributed by atoms with van der Waals surface area (Å²) in [5, 5.41) is 2.99. The van der Waals surface area contributed by atoms with Gasteiger partial charge in [-0.3, -0.25) is 4.79 Å². The van der Waals surface area contributed by atoms with Crippen LogP contribution < -0.4 is 11.1 Å². The maximum absolute atomic E-state index is 12.1. The van der Waals surface area contributed by atoms with Gasteiger partial charge in [0.15, 0.2) is 0 Å². The van der Waals surface area contributed by atoms with Crippen molar-refractivity contribution in [2.24, 2.45) is 0 Å². The number of halogens is 1. The van der Waals surface area contributed by atoms with Crippen LogP contribution in [0.2, 0.25) is 0 Å². The van der Waals surface area contributed by atoms with Crippen molar-refractivity contribution in [3.05, 3.63) is 28.2 Å². The third kappa shape index (κ3) is 2.79. The first kappa shape index (κ1) is 12.4. The van der Waals surface area contributed by atoms with Crippen LogP contribution in [0.1, 0.15) is 23.7 Å². The maximum atomic E-state index is 12.1. The largest absolute Gasteiger partial charge is 0.399 e. The normalized spacial score (nSPS) is 23.6. The van der Waals surface area contributed by atoms with E-state index in [0.717, 1.165) is 10.9 Å². The molecular formula is C12H15BrN2O2. The molecular weight excluding hydrogens is 284 g/mol. The second kappa shape index (κ2) is 4.66. The Labute approximate surface area is 109 Å². The highest BCUT2D eigenvalue weighted by Crippen LogP contribution is 2.22. The fraction of sp³-hybridized carbons (Fsp3) is 0.417. The van der Waals surface area contributed by atoms with Gasteiger partial charge in [-0.05, 0) is 47.5 Å². The zero-order valence-corrected chi connectivity index (χ0v) is 11.2. The van der Waals surface area contributed by atoms with Crippen molar-refractivity contribution < 1.29 is 9.53 Å². The minimum Gasteiger partial charge on any atom is -0.399 e. The molecule has 3 N–H and O–H groups in total. The SMILES string of the molecule is CC1(NC(=O)c2cc(N)ccc2Br)CCOC1. The lowest BCUT2D eigenvalue weighted by atomic mass is 10.0. The van der Waals surface area contributed by atoms with Gasteiger partial charge in [0.05, 0.1) is 17.7 Å². The van der Waals surface area contributed by atoms with E-state index in [1.807, 2.05) is 6.92 Å². The van der Waals surface area contributed by atoms with Gasteiger partial charge in [-0.25, -0.2) is 0 Å². The molecule has 2 rings (SSSR count). The first-order valence-electron chi connectivity index (χ1n) is 5.45. The third-order valence-corrected chi connectivity index (χ3v) is 3.56. The van der Waals surface area contributed by atoms with E-state index >= 15 is 0 Å². The fourth-order valence-corrected chi connectivity index (χ4v) is 2.25. The van der Waals surface area contributed by atoms with Gasteiger partial charge in [-0.2, -0.15) is 0 Å². The Bertz CT molecular complexity index is 442. The van der Waals surface area contributed by atoms with Crippen LogP contribution in [0.4, 0.5) is 5.69 Å². The van der Waals surface area contributed by atoms with Crippen LogP contribution in [-0.4, -0.2) is 24.7 Å². The number of nitrogens with one attached hydrogen (secondary N) is 1. The minimum absolute atomic E-state index is 0.128. The van der Waals surface area contributed by atoms with Crippen molar-refractivity contribution in [2.75, 3.05) is 18.9 Å². The molecule has 5 heteroatoms. The molecule has 0 spiro atoms. The van der Waals surface area contributed by atoms with Crippen molar-refractivity contribution >= 4 is 27.5 Å². The number of benzene rings is 1. The number of carbonyl (C=O) groups excluding carboxylic acids is 1. The lowest BCUT2D eigenvalue weighted by molar-refractivity contribution is 0.0889. The van der Waals surface area contributed by atoms with E-state index < -0.39 is 0 Å². The standard InChI is InChI=1S/C12H15BrN2O2/c1-12(4-5-17-7-12)15-11(16)9-6-8(14)2-3-10(9)13/h2-3,6H,4-5,7,14H2,1H3,(H,15,16). The fourth-order valence-electron chi connectivity index (χ4n) is 1.82. The average molecular weight is 299 g/mol.